The average molecular weight is 257 g/mol. The van der Waals surface area contributed by atoms with Crippen molar-refractivity contribution in [2.75, 3.05) is 12.3 Å². The molecule has 18 heavy (non-hydrogen) atoms. The van der Waals surface area contributed by atoms with Gasteiger partial charge in [0.1, 0.15) is 0 Å². The summed E-state index contributed by atoms with van der Waals surface area (Å²) < 4.78 is 18.3. The summed E-state index contributed by atoms with van der Waals surface area (Å²) in [6.07, 6.45) is 3.50. The third-order valence-electron chi connectivity index (χ3n) is 2.33. The number of hydrogen-bond acceptors (Lipinski definition) is 5. The molecule has 0 saturated carbocycles. The first-order valence-corrected chi connectivity index (χ1v) is 5.78. The van der Waals surface area contributed by atoms with Gasteiger partial charge in [-0.05, 0) is 6.42 Å². The molecular formula is C11H16FN3O3. The van der Waals surface area contributed by atoms with E-state index in [9.17, 15) is 14.0 Å². The summed E-state index contributed by atoms with van der Waals surface area (Å²) in [5.41, 5.74) is 4.14. The molecule has 0 radical (unpaired) electrons. The molecule has 7 heteroatoms. The molecule has 1 aromatic rings. The topological polar surface area (TPSA) is 87.2 Å². The van der Waals surface area contributed by atoms with Crippen molar-refractivity contribution >= 4 is 11.9 Å². The number of nitrogens with zero attached hydrogens (tertiary/aromatic N) is 2. The number of nitrogen functional groups attached to an aromatic ring is 1. The van der Waals surface area contributed by atoms with Crippen molar-refractivity contribution in [2.45, 2.75) is 32.6 Å². The molecule has 0 aliphatic carbocycles. The normalized spacial score (nSPS) is 10.3. The maximum absolute atomic E-state index is 13.1. The minimum Gasteiger partial charge on any atom is -0.449 e. The van der Waals surface area contributed by atoms with Gasteiger partial charge in [0.25, 0.3) is 0 Å². The first-order valence-electron chi connectivity index (χ1n) is 5.78. The van der Waals surface area contributed by atoms with Crippen molar-refractivity contribution in [2.24, 2.45) is 0 Å². The molecule has 6 nitrogen and oxygen atoms in total. The van der Waals surface area contributed by atoms with Gasteiger partial charge in [0, 0.05) is 0 Å². The van der Waals surface area contributed by atoms with Crippen LogP contribution in [0.25, 0.3) is 0 Å². The van der Waals surface area contributed by atoms with Gasteiger partial charge in [0.05, 0.1) is 12.8 Å². The van der Waals surface area contributed by atoms with Crippen LogP contribution in [0.15, 0.2) is 11.0 Å². The Morgan fingerprint density at radius 1 is 1.50 bits per heavy atom. The molecule has 0 spiro atoms. The Balaban J connectivity index is 2.57. The van der Waals surface area contributed by atoms with Crippen molar-refractivity contribution < 1.29 is 13.9 Å². The molecule has 100 valence electrons. The van der Waals surface area contributed by atoms with Crippen LogP contribution in [0.3, 0.4) is 0 Å². The second-order valence-corrected chi connectivity index (χ2v) is 3.80. The van der Waals surface area contributed by atoms with E-state index in [0.717, 1.165) is 19.3 Å². The maximum Gasteiger partial charge on any atom is 0.422 e. The van der Waals surface area contributed by atoms with Crippen molar-refractivity contribution in [1.29, 1.82) is 0 Å². The number of nitrogens with two attached hydrogens (primary N) is 1. The first kappa shape index (κ1) is 14.1. The standard InChI is InChI=1S/C11H16FN3O3/c1-2-3-4-5-6-18-11(17)15-7-8(12)9(13)14-10(15)16/h7H,2-6H2,1H3,(H2,13,14,16). The van der Waals surface area contributed by atoms with E-state index in [4.69, 9.17) is 10.5 Å². The summed E-state index contributed by atoms with van der Waals surface area (Å²) in [6.45, 7) is 2.26. The van der Waals surface area contributed by atoms with Gasteiger partial charge in [-0.3, -0.25) is 0 Å². The number of anilines is 1. The Bertz CT molecular complexity index is 473. The summed E-state index contributed by atoms with van der Waals surface area (Å²) in [4.78, 5) is 25.9. The zero-order valence-corrected chi connectivity index (χ0v) is 10.2. The lowest BCUT2D eigenvalue weighted by atomic mass is 10.2. The van der Waals surface area contributed by atoms with Crippen LogP contribution >= 0.6 is 0 Å². The fourth-order valence-corrected chi connectivity index (χ4v) is 1.33. The Morgan fingerprint density at radius 3 is 2.89 bits per heavy atom. The van der Waals surface area contributed by atoms with E-state index in [2.05, 4.69) is 11.9 Å². The summed E-state index contributed by atoms with van der Waals surface area (Å²) in [5.74, 6) is -1.47. The number of halogens is 1. The number of hydrogen-bond donors (Lipinski definition) is 1. The van der Waals surface area contributed by atoms with Crippen molar-refractivity contribution in [1.82, 2.24) is 9.55 Å². The van der Waals surface area contributed by atoms with E-state index in [1.54, 1.807) is 0 Å². The molecule has 0 atom stereocenters. The van der Waals surface area contributed by atoms with Gasteiger partial charge < -0.3 is 10.5 Å². The number of ether oxygens (including phenoxy) is 1. The van der Waals surface area contributed by atoms with E-state index in [0.29, 0.717) is 17.2 Å². The summed E-state index contributed by atoms with van der Waals surface area (Å²) in [6, 6.07) is 0. The molecule has 1 rings (SSSR count). The third kappa shape index (κ3) is 3.83. The predicted octanol–water partition coefficient (Wildman–Crippen LogP) is 1.53. The molecule has 0 bridgehead atoms. The number of carbonyl (C=O) groups excluding carboxylic acids is 1. The highest BCUT2D eigenvalue weighted by Gasteiger charge is 2.12. The fourth-order valence-electron chi connectivity index (χ4n) is 1.33. The van der Waals surface area contributed by atoms with E-state index < -0.39 is 23.4 Å². The molecule has 0 aliphatic rings. The monoisotopic (exact) mass is 257 g/mol. The predicted molar refractivity (Wildman–Crippen MR) is 63.8 cm³/mol. The van der Waals surface area contributed by atoms with Crippen LogP contribution in [0.4, 0.5) is 15.0 Å². The Morgan fingerprint density at radius 2 is 2.22 bits per heavy atom. The average Bonchev–Trinajstić information content (AvgIpc) is 2.33. The molecule has 0 aliphatic heterocycles. The van der Waals surface area contributed by atoms with Gasteiger partial charge >= 0.3 is 11.8 Å². The second kappa shape index (κ2) is 6.73. The third-order valence-corrected chi connectivity index (χ3v) is 2.33. The minimum absolute atomic E-state index is 0.192. The Kier molecular flexibility index (Phi) is 5.29. The highest BCUT2D eigenvalue weighted by atomic mass is 19.1. The zero-order valence-electron chi connectivity index (χ0n) is 10.2. The van der Waals surface area contributed by atoms with Crippen LogP contribution in [0.5, 0.6) is 0 Å². The quantitative estimate of drug-likeness (QED) is 0.808. The number of carbonyl (C=O) groups is 1. The molecule has 0 fully saturated rings. The van der Waals surface area contributed by atoms with Crippen LogP contribution in [-0.2, 0) is 4.74 Å². The van der Waals surface area contributed by atoms with Gasteiger partial charge in [-0.25, -0.2) is 14.0 Å². The van der Waals surface area contributed by atoms with Crippen LogP contribution in [0.2, 0.25) is 0 Å². The Hall–Kier alpha value is -1.92. The van der Waals surface area contributed by atoms with Crippen molar-refractivity contribution in [3.8, 4) is 0 Å². The van der Waals surface area contributed by atoms with Crippen molar-refractivity contribution in [3.63, 3.8) is 0 Å². The van der Waals surface area contributed by atoms with Crippen LogP contribution in [-0.4, -0.2) is 22.3 Å². The summed E-state index contributed by atoms with van der Waals surface area (Å²) in [7, 11) is 0. The molecule has 1 heterocycles. The Labute approximate surface area is 104 Å². The van der Waals surface area contributed by atoms with Crippen LogP contribution in [0.1, 0.15) is 32.6 Å². The SMILES string of the molecule is CCCCCCOC(=O)n1cc(F)c(N)nc1=O. The minimum atomic E-state index is -0.951. The zero-order chi connectivity index (χ0) is 13.5. The van der Waals surface area contributed by atoms with Gasteiger partial charge in [0.2, 0.25) is 0 Å². The molecule has 0 unspecified atom stereocenters. The molecular weight excluding hydrogens is 241 g/mol. The number of aromatic nitrogens is 2. The molecule has 0 aromatic carbocycles. The largest absolute Gasteiger partial charge is 0.449 e. The highest BCUT2D eigenvalue weighted by Crippen LogP contribution is 2.02. The van der Waals surface area contributed by atoms with Crippen LogP contribution < -0.4 is 11.4 Å². The highest BCUT2D eigenvalue weighted by molar-refractivity contribution is 5.70. The van der Waals surface area contributed by atoms with Gasteiger partial charge in [0.15, 0.2) is 11.6 Å². The molecule has 0 amide bonds. The van der Waals surface area contributed by atoms with E-state index >= 15 is 0 Å². The smallest absolute Gasteiger partial charge is 0.422 e. The lowest BCUT2D eigenvalue weighted by molar-refractivity contribution is 0.144. The van der Waals surface area contributed by atoms with Crippen LogP contribution in [0, 0.1) is 5.82 Å². The summed E-state index contributed by atoms with van der Waals surface area (Å²) in [5, 5.41) is 0. The first-order chi connectivity index (χ1) is 8.56. The number of rotatable bonds is 5. The fraction of sp³-hybridized carbons (Fsp3) is 0.545. The van der Waals surface area contributed by atoms with Gasteiger partial charge in [-0.2, -0.15) is 9.55 Å². The maximum atomic E-state index is 13.1. The lowest BCUT2D eigenvalue weighted by Gasteiger charge is -2.06. The lowest BCUT2D eigenvalue weighted by Crippen LogP contribution is -2.31. The van der Waals surface area contributed by atoms with E-state index in [1.807, 2.05) is 0 Å². The molecule has 2 N–H and O–H groups in total. The van der Waals surface area contributed by atoms with Gasteiger partial charge in [-0.1, -0.05) is 26.2 Å². The van der Waals surface area contributed by atoms with E-state index in [-0.39, 0.29) is 6.61 Å². The second-order valence-electron chi connectivity index (χ2n) is 3.80. The molecule has 0 saturated heterocycles. The number of unbranched alkanes of at least 4 members (excludes halogenated alkanes) is 3. The van der Waals surface area contributed by atoms with Crippen molar-refractivity contribution in [3.05, 3.63) is 22.5 Å². The van der Waals surface area contributed by atoms with E-state index in [1.165, 1.54) is 0 Å². The van der Waals surface area contributed by atoms with Gasteiger partial charge in [-0.15, -0.1) is 0 Å². The summed E-state index contributed by atoms with van der Waals surface area (Å²) >= 11 is 0. The molecule has 1 aromatic heterocycles.